The number of halogens is 1. The number of phenolic OH excluding ortho intramolecular Hbond substituents is 1. The number of hydrogen-bond donors (Lipinski definition) is 2. The number of fused-ring (bicyclic) bond motifs is 1. The lowest BCUT2D eigenvalue weighted by Gasteiger charge is -2.08. The Morgan fingerprint density at radius 3 is 2.71 bits per heavy atom. The van der Waals surface area contributed by atoms with Gasteiger partial charge in [-0.15, -0.1) is 11.3 Å². The van der Waals surface area contributed by atoms with Gasteiger partial charge in [0.1, 0.15) is 21.3 Å². The molecule has 124 valence electrons. The topological polar surface area (TPSA) is 84.3 Å². The minimum Gasteiger partial charge on any atom is -0.508 e. The van der Waals surface area contributed by atoms with Gasteiger partial charge in [-0.2, -0.15) is 4.98 Å². The first-order valence-corrected chi connectivity index (χ1v) is 8.39. The molecule has 0 aliphatic heterocycles. The van der Waals surface area contributed by atoms with Gasteiger partial charge in [-0.25, -0.2) is 9.78 Å². The molecule has 3 rings (SSSR count). The molecule has 6 nitrogen and oxygen atoms in total. The summed E-state index contributed by atoms with van der Waals surface area (Å²) < 4.78 is 5.08. The molecule has 0 aliphatic carbocycles. The normalized spacial score (nSPS) is 10.8. The van der Waals surface area contributed by atoms with Crippen molar-refractivity contribution in [1.82, 2.24) is 9.97 Å². The molecule has 0 aliphatic rings. The van der Waals surface area contributed by atoms with Crippen LogP contribution in [0.1, 0.15) is 22.2 Å². The second kappa shape index (κ2) is 6.62. The SMILES string of the molecule is CCOC(=O)c1sc2nc(Cl)nc(Nc3ccc(O)cc3)c2c1C. The molecule has 0 bridgehead atoms. The second-order valence-corrected chi connectivity index (χ2v) is 6.31. The summed E-state index contributed by atoms with van der Waals surface area (Å²) in [7, 11) is 0. The largest absolute Gasteiger partial charge is 0.508 e. The van der Waals surface area contributed by atoms with Crippen LogP contribution >= 0.6 is 22.9 Å². The summed E-state index contributed by atoms with van der Waals surface area (Å²) >= 11 is 7.23. The Kier molecular flexibility index (Phi) is 4.55. The number of aryl methyl sites for hydroxylation is 1. The van der Waals surface area contributed by atoms with Gasteiger partial charge >= 0.3 is 5.97 Å². The van der Waals surface area contributed by atoms with E-state index in [1.54, 1.807) is 31.2 Å². The zero-order valence-electron chi connectivity index (χ0n) is 13.0. The van der Waals surface area contributed by atoms with Crippen molar-refractivity contribution >= 4 is 50.6 Å². The van der Waals surface area contributed by atoms with E-state index in [0.29, 0.717) is 22.1 Å². The van der Waals surface area contributed by atoms with Crippen LogP contribution < -0.4 is 5.32 Å². The van der Waals surface area contributed by atoms with Gasteiger partial charge in [0.15, 0.2) is 0 Å². The molecule has 2 N–H and O–H groups in total. The number of phenols is 1. The number of rotatable bonds is 4. The van der Waals surface area contributed by atoms with Gasteiger partial charge in [0.2, 0.25) is 5.28 Å². The Balaban J connectivity index is 2.09. The number of thiophene rings is 1. The minimum absolute atomic E-state index is 0.0837. The lowest BCUT2D eigenvalue weighted by atomic mass is 10.2. The molecule has 0 atom stereocenters. The van der Waals surface area contributed by atoms with Crippen LogP contribution in [-0.4, -0.2) is 27.7 Å². The molecule has 0 fully saturated rings. The van der Waals surface area contributed by atoms with E-state index in [4.69, 9.17) is 16.3 Å². The van der Waals surface area contributed by atoms with Gasteiger partial charge < -0.3 is 15.2 Å². The highest BCUT2D eigenvalue weighted by atomic mass is 35.5. The van der Waals surface area contributed by atoms with Crippen LogP contribution in [-0.2, 0) is 4.74 Å². The van der Waals surface area contributed by atoms with Crippen molar-refractivity contribution in [3.8, 4) is 5.75 Å². The molecule has 0 saturated carbocycles. The maximum atomic E-state index is 12.1. The highest BCUT2D eigenvalue weighted by Gasteiger charge is 2.21. The Bertz CT molecular complexity index is 909. The molecule has 0 spiro atoms. The van der Waals surface area contributed by atoms with Crippen LogP contribution in [0.5, 0.6) is 5.75 Å². The third-order valence-electron chi connectivity index (χ3n) is 3.35. The summed E-state index contributed by atoms with van der Waals surface area (Å²) in [5.74, 6) is 0.285. The monoisotopic (exact) mass is 363 g/mol. The van der Waals surface area contributed by atoms with E-state index in [2.05, 4.69) is 15.3 Å². The Morgan fingerprint density at radius 2 is 2.04 bits per heavy atom. The van der Waals surface area contributed by atoms with Crippen LogP contribution in [0, 0.1) is 6.92 Å². The van der Waals surface area contributed by atoms with Gasteiger partial charge in [-0.05, 0) is 55.3 Å². The van der Waals surface area contributed by atoms with Gasteiger partial charge in [-0.1, -0.05) is 0 Å². The summed E-state index contributed by atoms with van der Waals surface area (Å²) in [6.45, 7) is 3.89. The molecule has 0 radical (unpaired) electrons. The molecule has 0 amide bonds. The van der Waals surface area contributed by atoms with Gasteiger partial charge in [-0.3, -0.25) is 0 Å². The number of esters is 1. The number of anilines is 2. The fraction of sp³-hybridized carbons (Fsp3) is 0.188. The number of carbonyl (C=O) groups is 1. The van der Waals surface area contributed by atoms with Crippen LogP contribution in [0.25, 0.3) is 10.2 Å². The predicted octanol–water partition coefficient (Wildman–Crippen LogP) is 4.28. The highest BCUT2D eigenvalue weighted by molar-refractivity contribution is 7.20. The molecule has 0 unspecified atom stereocenters. The maximum absolute atomic E-state index is 12.1. The summed E-state index contributed by atoms with van der Waals surface area (Å²) in [5.41, 5.74) is 1.47. The zero-order chi connectivity index (χ0) is 17.3. The molecule has 2 aromatic heterocycles. The molecule has 3 aromatic rings. The highest BCUT2D eigenvalue weighted by Crippen LogP contribution is 2.36. The van der Waals surface area contributed by atoms with Crippen LogP contribution in [0.4, 0.5) is 11.5 Å². The molecule has 0 saturated heterocycles. The van der Waals surface area contributed by atoms with Crippen molar-refractivity contribution in [3.63, 3.8) is 0 Å². The lowest BCUT2D eigenvalue weighted by molar-refractivity contribution is 0.0531. The Hall–Kier alpha value is -2.38. The van der Waals surface area contributed by atoms with E-state index >= 15 is 0 Å². The molecule has 8 heteroatoms. The average molecular weight is 364 g/mol. The van der Waals surface area contributed by atoms with Crippen LogP contribution in [0.2, 0.25) is 5.28 Å². The van der Waals surface area contributed by atoms with Crippen molar-refractivity contribution in [2.75, 3.05) is 11.9 Å². The third-order valence-corrected chi connectivity index (χ3v) is 4.69. The fourth-order valence-electron chi connectivity index (χ4n) is 2.28. The fourth-order valence-corrected chi connectivity index (χ4v) is 3.57. The maximum Gasteiger partial charge on any atom is 0.348 e. The standard InChI is InChI=1S/C16H14ClN3O3S/c1-3-23-15(22)12-8(2)11-13(19-16(17)20-14(11)24-12)18-9-4-6-10(21)7-5-9/h4-7,21H,3H2,1-2H3,(H,18,19,20). The first kappa shape index (κ1) is 16.5. The van der Waals surface area contributed by atoms with E-state index in [1.165, 1.54) is 11.3 Å². The van der Waals surface area contributed by atoms with E-state index in [-0.39, 0.29) is 17.0 Å². The number of ether oxygens (including phenoxy) is 1. The second-order valence-electron chi connectivity index (χ2n) is 4.97. The van der Waals surface area contributed by atoms with Crippen LogP contribution in [0.15, 0.2) is 24.3 Å². The summed E-state index contributed by atoms with van der Waals surface area (Å²) in [6, 6.07) is 6.55. The van der Waals surface area contributed by atoms with Crippen molar-refractivity contribution in [3.05, 3.63) is 40.0 Å². The van der Waals surface area contributed by atoms with E-state index < -0.39 is 0 Å². The van der Waals surface area contributed by atoms with Gasteiger partial charge in [0.05, 0.1) is 12.0 Å². The number of aromatic nitrogens is 2. The number of nitrogens with zero attached hydrogens (tertiary/aromatic N) is 2. The number of aromatic hydroxyl groups is 1. The van der Waals surface area contributed by atoms with Gasteiger partial charge in [0.25, 0.3) is 0 Å². The third kappa shape index (κ3) is 3.13. The predicted molar refractivity (Wildman–Crippen MR) is 94.5 cm³/mol. The molecule has 2 heterocycles. The van der Waals surface area contributed by atoms with E-state index in [1.807, 2.05) is 6.92 Å². The first-order chi connectivity index (χ1) is 11.5. The lowest BCUT2D eigenvalue weighted by Crippen LogP contribution is -2.03. The Labute approximate surface area is 147 Å². The van der Waals surface area contributed by atoms with Crippen LogP contribution in [0.3, 0.4) is 0 Å². The van der Waals surface area contributed by atoms with Crippen molar-refractivity contribution in [2.24, 2.45) is 0 Å². The quantitative estimate of drug-likeness (QED) is 0.409. The summed E-state index contributed by atoms with van der Waals surface area (Å²) in [6.07, 6.45) is 0. The first-order valence-electron chi connectivity index (χ1n) is 7.19. The van der Waals surface area contributed by atoms with Crippen molar-refractivity contribution in [1.29, 1.82) is 0 Å². The molecular weight excluding hydrogens is 350 g/mol. The van der Waals surface area contributed by atoms with E-state index in [0.717, 1.165) is 16.6 Å². The average Bonchev–Trinajstić information content (AvgIpc) is 2.86. The molecular formula is C16H14ClN3O3S. The summed E-state index contributed by atoms with van der Waals surface area (Å²) in [5, 5.41) is 13.3. The zero-order valence-corrected chi connectivity index (χ0v) is 14.5. The Morgan fingerprint density at radius 1 is 1.33 bits per heavy atom. The smallest absolute Gasteiger partial charge is 0.348 e. The van der Waals surface area contributed by atoms with Crippen molar-refractivity contribution in [2.45, 2.75) is 13.8 Å². The number of carbonyl (C=O) groups excluding carboxylic acids is 1. The van der Waals surface area contributed by atoms with E-state index in [9.17, 15) is 9.90 Å². The van der Waals surface area contributed by atoms with Crippen molar-refractivity contribution < 1.29 is 14.6 Å². The molecule has 1 aromatic carbocycles. The number of benzene rings is 1. The minimum atomic E-state index is -0.385. The van der Waals surface area contributed by atoms with Gasteiger partial charge in [0, 0.05) is 5.69 Å². The number of hydrogen-bond acceptors (Lipinski definition) is 7. The number of nitrogens with one attached hydrogen (secondary N) is 1. The molecule has 24 heavy (non-hydrogen) atoms. The summed E-state index contributed by atoms with van der Waals surface area (Å²) in [4.78, 5) is 21.6.